The Morgan fingerprint density at radius 1 is 1.30 bits per heavy atom. The molecule has 1 aromatic carbocycles. The van der Waals surface area contributed by atoms with Crippen molar-refractivity contribution in [1.82, 2.24) is 9.97 Å². The molecule has 2 heterocycles. The van der Waals surface area contributed by atoms with Gasteiger partial charge < -0.3 is 15.0 Å². The Balaban J connectivity index is 1.68. The normalized spacial score (nSPS) is 17.6. The summed E-state index contributed by atoms with van der Waals surface area (Å²) in [6.07, 6.45) is 2.59. The Morgan fingerprint density at radius 3 is 2.91 bits per heavy atom. The molecule has 7 heteroatoms. The molecule has 0 spiro atoms. The lowest BCUT2D eigenvalue weighted by Crippen LogP contribution is -2.27. The molecule has 1 aromatic heterocycles. The lowest BCUT2D eigenvalue weighted by atomic mass is 10.2. The van der Waals surface area contributed by atoms with Crippen LogP contribution < -0.4 is 15.0 Å². The minimum Gasteiger partial charge on any atom is -0.433 e. The van der Waals surface area contributed by atoms with Gasteiger partial charge in [0.05, 0.1) is 5.69 Å². The molecule has 1 saturated heterocycles. The monoisotopic (exact) mass is 320 g/mol. The fraction of sp³-hybridized carbons (Fsp3) is 0.375. The van der Waals surface area contributed by atoms with E-state index in [4.69, 9.17) is 0 Å². The van der Waals surface area contributed by atoms with E-state index in [0.29, 0.717) is 18.2 Å². The molecule has 1 atom stereocenters. The van der Waals surface area contributed by atoms with Gasteiger partial charge in [-0.05, 0) is 31.5 Å². The van der Waals surface area contributed by atoms with Gasteiger partial charge in [-0.2, -0.15) is 8.78 Å². The summed E-state index contributed by atoms with van der Waals surface area (Å²) >= 11 is 0. The number of aromatic nitrogens is 2. The first-order valence-electron chi connectivity index (χ1n) is 7.47. The zero-order chi connectivity index (χ0) is 16.2. The summed E-state index contributed by atoms with van der Waals surface area (Å²) in [6, 6.07) is 8.86. The standard InChI is InChI=1S/C16H18F2N4O/c1-11-6-8-19-16(20-11)21-12-7-9-22(10-12)13-4-2-3-5-14(13)23-15(17)18/h2-6,8,12,15H,7,9-10H2,1H3,(H,19,20,21). The van der Waals surface area contributed by atoms with Crippen molar-refractivity contribution in [3.8, 4) is 5.75 Å². The summed E-state index contributed by atoms with van der Waals surface area (Å²) in [7, 11) is 0. The van der Waals surface area contributed by atoms with E-state index < -0.39 is 6.61 Å². The van der Waals surface area contributed by atoms with Crippen LogP contribution in [0.4, 0.5) is 20.4 Å². The molecule has 3 rings (SSSR count). The summed E-state index contributed by atoms with van der Waals surface area (Å²) in [5, 5.41) is 3.29. The number of halogens is 2. The molecular formula is C16H18F2N4O. The highest BCUT2D eigenvalue weighted by molar-refractivity contribution is 5.59. The van der Waals surface area contributed by atoms with Crippen LogP contribution in [0.1, 0.15) is 12.1 Å². The highest BCUT2D eigenvalue weighted by Crippen LogP contribution is 2.32. The lowest BCUT2D eigenvalue weighted by molar-refractivity contribution is -0.0495. The smallest absolute Gasteiger partial charge is 0.387 e. The van der Waals surface area contributed by atoms with E-state index in [9.17, 15) is 8.78 Å². The third kappa shape index (κ3) is 3.85. The number of anilines is 2. The van der Waals surface area contributed by atoms with E-state index in [1.165, 1.54) is 0 Å². The number of hydrogen-bond donors (Lipinski definition) is 1. The highest BCUT2D eigenvalue weighted by Gasteiger charge is 2.25. The second kappa shape index (κ2) is 6.76. The predicted molar refractivity (Wildman–Crippen MR) is 84.1 cm³/mol. The van der Waals surface area contributed by atoms with Gasteiger partial charge in [0, 0.05) is 31.0 Å². The Labute approximate surface area is 133 Å². The number of nitrogens with one attached hydrogen (secondary N) is 1. The van der Waals surface area contributed by atoms with Gasteiger partial charge in [-0.15, -0.1) is 0 Å². The van der Waals surface area contributed by atoms with Gasteiger partial charge in [0.1, 0.15) is 5.75 Å². The molecule has 1 aliphatic rings. The third-order valence-electron chi connectivity index (χ3n) is 3.74. The van der Waals surface area contributed by atoms with Gasteiger partial charge >= 0.3 is 6.61 Å². The SMILES string of the molecule is Cc1ccnc(NC2CCN(c3ccccc3OC(F)F)C2)n1. The van der Waals surface area contributed by atoms with Crippen LogP contribution in [0.5, 0.6) is 5.75 Å². The van der Waals surface area contributed by atoms with Crippen LogP contribution in [-0.2, 0) is 0 Å². The van der Waals surface area contributed by atoms with Crippen molar-refractivity contribution >= 4 is 11.6 Å². The summed E-state index contributed by atoms with van der Waals surface area (Å²) in [4.78, 5) is 10.6. The molecule has 23 heavy (non-hydrogen) atoms. The highest BCUT2D eigenvalue weighted by atomic mass is 19.3. The van der Waals surface area contributed by atoms with Crippen molar-refractivity contribution in [2.45, 2.75) is 26.0 Å². The first-order valence-corrected chi connectivity index (χ1v) is 7.47. The van der Waals surface area contributed by atoms with Crippen LogP contribution in [0, 0.1) is 6.92 Å². The van der Waals surface area contributed by atoms with Crippen LogP contribution in [0.2, 0.25) is 0 Å². The van der Waals surface area contributed by atoms with Gasteiger partial charge in [0.25, 0.3) is 0 Å². The second-order valence-corrected chi connectivity index (χ2v) is 5.44. The van der Waals surface area contributed by atoms with Crippen molar-refractivity contribution < 1.29 is 13.5 Å². The van der Waals surface area contributed by atoms with Crippen molar-refractivity contribution in [1.29, 1.82) is 0 Å². The molecule has 122 valence electrons. The number of aryl methyl sites for hydroxylation is 1. The van der Waals surface area contributed by atoms with Gasteiger partial charge in [0.15, 0.2) is 0 Å². The molecule has 1 unspecified atom stereocenters. The maximum atomic E-state index is 12.5. The Bertz CT molecular complexity index is 668. The third-order valence-corrected chi connectivity index (χ3v) is 3.74. The number of benzene rings is 1. The minimum absolute atomic E-state index is 0.163. The van der Waals surface area contributed by atoms with Crippen LogP contribution in [0.3, 0.4) is 0 Å². The number of hydrogen-bond acceptors (Lipinski definition) is 5. The number of ether oxygens (including phenoxy) is 1. The van der Waals surface area contributed by atoms with E-state index in [0.717, 1.165) is 18.7 Å². The van der Waals surface area contributed by atoms with Crippen LogP contribution in [0.15, 0.2) is 36.5 Å². The molecule has 0 bridgehead atoms. The molecule has 1 N–H and O–H groups in total. The molecule has 0 aliphatic carbocycles. The number of para-hydroxylation sites is 2. The predicted octanol–water partition coefficient (Wildman–Crippen LogP) is 3.08. The van der Waals surface area contributed by atoms with Crippen molar-refractivity contribution in [3.63, 3.8) is 0 Å². The maximum absolute atomic E-state index is 12.5. The van der Waals surface area contributed by atoms with Crippen molar-refractivity contribution in [2.24, 2.45) is 0 Å². The van der Waals surface area contributed by atoms with Crippen molar-refractivity contribution in [3.05, 3.63) is 42.2 Å². The van der Waals surface area contributed by atoms with Gasteiger partial charge in [-0.3, -0.25) is 0 Å². The molecule has 0 radical (unpaired) electrons. The Kier molecular flexibility index (Phi) is 4.55. The maximum Gasteiger partial charge on any atom is 0.387 e. The second-order valence-electron chi connectivity index (χ2n) is 5.44. The Morgan fingerprint density at radius 2 is 2.13 bits per heavy atom. The van der Waals surface area contributed by atoms with E-state index in [1.54, 1.807) is 24.4 Å². The van der Waals surface area contributed by atoms with E-state index in [-0.39, 0.29) is 11.8 Å². The van der Waals surface area contributed by atoms with E-state index in [1.807, 2.05) is 24.0 Å². The number of nitrogens with zero attached hydrogens (tertiary/aromatic N) is 3. The van der Waals surface area contributed by atoms with E-state index >= 15 is 0 Å². The minimum atomic E-state index is -2.83. The molecule has 0 saturated carbocycles. The zero-order valence-electron chi connectivity index (χ0n) is 12.7. The summed E-state index contributed by atoms with van der Waals surface area (Å²) in [6.45, 7) is 0.521. The van der Waals surface area contributed by atoms with Gasteiger partial charge in [-0.1, -0.05) is 12.1 Å². The lowest BCUT2D eigenvalue weighted by Gasteiger charge is -2.22. The average molecular weight is 320 g/mol. The van der Waals surface area contributed by atoms with Crippen molar-refractivity contribution in [2.75, 3.05) is 23.3 Å². The molecule has 1 fully saturated rings. The molecule has 1 aliphatic heterocycles. The first-order chi connectivity index (χ1) is 11.1. The van der Waals surface area contributed by atoms with Gasteiger partial charge in [0.2, 0.25) is 5.95 Å². The first kappa shape index (κ1) is 15.5. The van der Waals surface area contributed by atoms with Gasteiger partial charge in [-0.25, -0.2) is 9.97 Å². The summed E-state index contributed by atoms with van der Waals surface area (Å²) in [5.41, 5.74) is 1.58. The van der Waals surface area contributed by atoms with Crippen LogP contribution >= 0.6 is 0 Å². The molecular weight excluding hydrogens is 302 g/mol. The molecule has 5 nitrogen and oxygen atoms in total. The summed E-state index contributed by atoms with van der Waals surface area (Å²) < 4.78 is 29.6. The largest absolute Gasteiger partial charge is 0.433 e. The van der Waals surface area contributed by atoms with Crippen LogP contribution in [0.25, 0.3) is 0 Å². The molecule has 2 aromatic rings. The topological polar surface area (TPSA) is 50.3 Å². The number of rotatable bonds is 5. The van der Waals surface area contributed by atoms with E-state index in [2.05, 4.69) is 20.0 Å². The quantitative estimate of drug-likeness (QED) is 0.917. The summed E-state index contributed by atoms with van der Waals surface area (Å²) in [5.74, 6) is 0.795. The number of alkyl halides is 2. The fourth-order valence-corrected chi connectivity index (χ4v) is 2.71. The fourth-order valence-electron chi connectivity index (χ4n) is 2.71. The van der Waals surface area contributed by atoms with Crippen LogP contribution in [-0.4, -0.2) is 35.7 Å². The Hall–Kier alpha value is -2.44. The zero-order valence-corrected chi connectivity index (χ0v) is 12.7. The molecule has 0 amide bonds. The average Bonchev–Trinajstić information content (AvgIpc) is 2.95.